The summed E-state index contributed by atoms with van der Waals surface area (Å²) in [6, 6.07) is 6.93. The molecule has 6 nitrogen and oxygen atoms in total. The van der Waals surface area contributed by atoms with Crippen LogP contribution in [0.3, 0.4) is 0 Å². The van der Waals surface area contributed by atoms with Gasteiger partial charge in [0.25, 0.3) is 5.91 Å². The summed E-state index contributed by atoms with van der Waals surface area (Å²) in [5.41, 5.74) is 0. The second-order valence-electron chi connectivity index (χ2n) is 5.04. The van der Waals surface area contributed by atoms with Gasteiger partial charge in [-0.15, -0.1) is 0 Å². The average Bonchev–Trinajstić information content (AvgIpc) is 2.83. The van der Waals surface area contributed by atoms with Gasteiger partial charge in [-0.25, -0.2) is 8.42 Å². The minimum atomic E-state index is -2.90. The Morgan fingerprint density at radius 3 is 2.52 bits per heavy atom. The molecule has 1 saturated heterocycles. The Bertz CT molecular complexity index is 582. The van der Waals surface area contributed by atoms with Gasteiger partial charge in [-0.2, -0.15) is 0 Å². The predicted molar refractivity (Wildman–Crippen MR) is 78.3 cm³/mol. The third-order valence-corrected chi connectivity index (χ3v) is 5.18. The Kier molecular flexibility index (Phi) is 5.06. The number of benzene rings is 1. The molecule has 0 aromatic heterocycles. The monoisotopic (exact) mass is 313 g/mol. The summed E-state index contributed by atoms with van der Waals surface area (Å²) in [6.45, 7) is 0.288. The first kappa shape index (κ1) is 15.6. The molecular weight excluding hydrogens is 294 g/mol. The molecule has 1 atom stereocenters. The fourth-order valence-electron chi connectivity index (χ4n) is 2.16. The highest BCUT2D eigenvalue weighted by Crippen LogP contribution is 2.18. The van der Waals surface area contributed by atoms with Crippen LogP contribution in [0, 0.1) is 5.92 Å². The minimum absolute atomic E-state index is 0.0138. The first-order valence-corrected chi connectivity index (χ1v) is 8.54. The van der Waals surface area contributed by atoms with Gasteiger partial charge in [-0.3, -0.25) is 4.79 Å². The van der Waals surface area contributed by atoms with Gasteiger partial charge in [0.1, 0.15) is 11.5 Å². The molecule has 2 rings (SSSR count). The summed E-state index contributed by atoms with van der Waals surface area (Å²) in [6.07, 6.45) is 0.613. The summed E-state index contributed by atoms with van der Waals surface area (Å²) in [7, 11) is -1.32. The largest absolute Gasteiger partial charge is 0.497 e. The standard InChI is InChI=1S/C14H19NO5S/c1-19-12-2-4-13(5-3-12)20-9-14(16)15-8-11-6-7-21(17,18)10-11/h2-5,11H,6-10H2,1H3,(H,15,16)/t11-/m0/s1. The van der Waals surface area contributed by atoms with Crippen LogP contribution in [0.25, 0.3) is 0 Å². The van der Waals surface area contributed by atoms with Crippen LogP contribution in [0.5, 0.6) is 11.5 Å². The van der Waals surface area contributed by atoms with Crippen LogP contribution >= 0.6 is 0 Å². The van der Waals surface area contributed by atoms with Crippen LogP contribution in [-0.2, 0) is 14.6 Å². The molecule has 1 aliphatic heterocycles. The molecule has 0 saturated carbocycles. The van der Waals surface area contributed by atoms with Crippen molar-refractivity contribution in [2.75, 3.05) is 31.8 Å². The normalized spacial score (nSPS) is 20.0. The molecule has 0 bridgehead atoms. The van der Waals surface area contributed by atoms with Gasteiger partial charge in [0.05, 0.1) is 18.6 Å². The van der Waals surface area contributed by atoms with Crippen LogP contribution in [-0.4, -0.2) is 46.1 Å². The molecule has 1 fully saturated rings. The number of hydrogen-bond acceptors (Lipinski definition) is 5. The van der Waals surface area contributed by atoms with Crippen molar-refractivity contribution in [1.82, 2.24) is 5.32 Å². The lowest BCUT2D eigenvalue weighted by molar-refractivity contribution is -0.123. The van der Waals surface area contributed by atoms with Crippen LogP contribution in [0.2, 0.25) is 0 Å². The lowest BCUT2D eigenvalue weighted by Crippen LogP contribution is -2.33. The van der Waals surface area contributed by atoms with Gasteiger partial charge < -0.3 is 14.8 Å². The smallest absolute Gasteiger partial charge is 0.257 e. The Hall–Kier alpha value is -1.76. The highest BCUT2D eigenvalue weighted by atomic mass is 32.2. The first-order chi connectivity index (χ1) is 9.98. The molecule has 1 aromatic carbocycles. The van der Waals surface area contributed by atoms with E-state index in [-0.39, 0.29) is 29.9 Å². The van der Waals surface area contributed by atoms with Crippen molar-refractivity contribution in [3.8, 4) is 11.5 Å². The molecule has 1 aliphatic rings. The van der Waals surface area contributed by atoms with Crippen molar-refractivity contribution in [2.24, 2.45) is 5.92 Å². The summed E-state index contributed by atoms with van der Waals surface area (Å²) in [4.78, 5) is 11.6. The Morgan fingerprint density at radius 1 is 1.29 bits per heavy atom. The van der Waals surface area contributed by atoms with Crippen molar-refractivity contribution in [3.05, 3.63) is 24.3 Å². The molecule has 7 heteroatoms. The summed E-state index contributed by atoms with van der Waals surface area (Å²) < 4.78 is 33.0. The zero-order chi connectivity index (χ0) is 15.3. The number of carbonyl (C=O) groups is 1. The molecule has 116 valence electrons. The maximum absolute atomic E-state index is 11.6. The van der Waals surface area contributed by atoms with Gasteiger partial charge in [0, 0.05) is 6.54 Å². The number of ether oxygens (including phenoxy) is 2. The maximum atomic E-state index is 11.6. The number of rotatable bonds is 6. The quantitative estimate of drug-likeness (QED) is 0.833. The number of carbonyl (C=O) groups excluding carboxylic acids is 1. The molecule has 1 N–H and O–H groups in total. The van der Waals surface area contributed by atoms with Crippen molar-refractivity contribution < 1.29 is 22.7 Å². The van der Waals surface area contributed by atoms with Gasteiger partial charge in [0.15, 0.2) is 16.4 Å². The van der Waals surface area contributed by atoms with Crippen molar-refractivity contribution in [2.45, 2.75) is 6.42 Å². The Balaban J connectivity index is 1.70. The van der Waals surface area contributed by atoms with E-state index in [1.807, 2.05) is 0 Å². The van der Waals surface area contributed by atoms with Crippen LogP contribution in [0.4, 0.5) is 0 Å². The Morgan fingerprint density at radius 2 is 1.95 bits per heavy atom. The average molecular weight is 313 g/mol. The zero-order valence-corrected chi connectivity index (χ0v) is 12.7. The fraction of sp³-hybridized carbons (Fsp3) is 0.500. The minimum Gasteiger partial charge on any atom is -0.497 e. The van der Waals surface area contributed by atoms with Gasteiger partial charge in [-0.1, -0.05) is 0 Å². The lowest BCUT2D eigenvalue weighted by atomic mass is 10.1. The van der Waals surface area contributed by atoms with E-state index in [1.165, 1.54) is 0 Å². The number of nitrogens with one attached hydrogen (secondary N) is 1. The SMILES string of the molecule is COc1ccc(OCC(=O)NC[C@@H]2CCS(=O)(=O)C2)cc1. The van der Waals surface area contributed by atoms with Crippen molar-refractivity contribution >= 4 is 15.7 Å². The molecule has 1 aromatic rings. The summed E-state index contributed by atoms with van der Waals surface area (Å²) >= 11 is 0. The van der Waals surface area contributed by atoms with Crippen LogP contribution in [0.1, 0.15) is 6.42 Å². The molecule has 1 heterocycles. The van der Waals surface area contributed by atoms with E-state index in [1.54, 1.807) is 31.4 Å². The number of amides is 1. The third kappa shape index (κ3) is 4.93. The predicted octanol–water partition coefficient (Wildman–Crippen LogP) is 0.625. The molecule has 0 spiro atoms. The van der Waals surface area contributed by atoms with Crippen LogP contribution < -0.4 is 14.8 Å². The number of sulfone groups is 1. The number of hydrogen-bond donors (Lipinski definition) is 1. The summed E-state index contributed by atoms with van der Waals surface area (Å²) in [5, 5.41) is 2.70. The molecule has 0 unspecified atom stereocenters. The zero-order valence-electron chi connectivity index (χ0n) is 11.9. The highest BCUT2D eigenvalue weighted by molar-refractivity contribution is 7.91. The molecule has 1 amide bonds. The molecular formula is C14H19NO5S. The van der Waals surface area contributed by atoms with Crippen molar-refractivity contribution in [3.63, 3.8) is 0 Å². The lowest BCUT2D eigenvalue weighted by Gasteiger charge is -2.10. The summed E-state index contributed by atoms with van der Waals surface area (Å²) in [5.74, 6) is 1.43. The first-order valence-electron chi connectivity index (χ1n) is 6.72. The van der Waals surface area contributed by atoms with E-state index >= 15 is 0 Å². The van der Waals surface area contributed by atoms with E-state index in [9.17, 15) is 13.2 Å². The second kappa shape index (κ2) is 6.80. The topological polar surface area (TPSA) is 81.7 Å². The highest BCUT2D eigenvalue weighted by Gasteiger charge is 2.27. The van der Waals surface area contributed by atoms with Crippen LogP contribution in [0.15, 0.2) is 24.3 Å². The molecule has 21 heavy (non-hydrogen) atoms. The van der Waals surface area contributed by atoms with E-state index in [4.69, 9.17) is 9.47 Å². The maximum Gasteiger partial charge on any atom is 0.257 e. The second-order valence-corrected chi connectivity index (χ2v) is 7.27. The van der Waals surface area contributed by atoms with E-state index in [0.717, 1.165) is 0 Å². The fourth-order valence-corrected chi connectivity index (χ4v) is 4.02. The molecule has 0 aliphatic carbocycles. The van der Waals surface area contributed by atoms with Gasteiger partial charge in [0.2, 0.25) is 0 Å². The van der Waals surface area contributed by atoms with E-state index in [2.05, 4.69) is 5.32 Å². The number of methoxy groups -OCH3 is 1. The molecule has 0 radical (unpaired) electrons. The van der Waals surface area contributed by atoms with Gasteiger partial charge in [-0.05, 0) is 36.6 Å². The van der Waals surface area contributed by atoms with Gasteiger partial charge >= 0.3 is 0 Å². The van der Waals surface area contributed by atoms with Crippen molar-refractivity contribution in [1.29, 1.82) is 0 Å². The van der Waals surface area contributed by atoms with E-state index < -0.39 is 9.84 Å². The Labute approximate surface area is 124 Å². The van der Waals surface area contributed by atoms with E-state index in [0.29, 0.717) is 24.5 Å². The third-order valence-electron chi connectivity index (χ3n) is 3.34.